The van der Waals surface area contributed by atoms with Gasteiger partial charge in [0.15, 0.2) is 0 Å². The second kappa shape index (κ2) is 8.87. The number of furan rings is 2. The molecule has 0 unspecified atom stereocenters. The molecule has 2 aromatic heterocycles. The summed E-state index contributed by atoms with van der Waals surface area (Å²) in [6, 6.07) is 45.9. The molecule has 8 aromatic rings. The van der Waals surface area contributed by atoms with Gasteiger partial charge in [-0.1, -0.05) is 85.6 Å². The summed E-state index contributed by atoms with van der Waals surface area (Å²) in [6.45, 7) is 0. The van der Waals surface area contributed by atoms with Gasteiger partial charge in [-0.05, 0) is 83.6 Å². The van der Waals surface area contributed by atoms with Crippen molar-refractivity contribution in [3.8, 4) is 11.1 Å². The summed E-state index contributed by atoms with van der Waals surface area (Å²) in [5.74, 6) is 0. The first-order valence-electron chi connectivity index (χ1n) is 15.6. The van der Waals surface area contributed by atoms with Gasteiger partial charge in [0.05, 0.1) is 11.1 Å². The van der Waals surface area contributed by atoms with Crippen LogP contribution in [0.25, 0.3) is 55.0 Å². The quantitative estimate of drug-likeness (QED) is 0.213. The average molecular weight is 568 g/mol. The highest BCUT2D eigenvalue weighted by Crippen LogP contribution is 2.58. The van der Waals surface area contributed by atoms with Gasteiger partial charge >= 0.3 is 0 Å². The van der Waals surface area contributed by atoms with E-state index in [-0.39, 0.29) is 5.41 Å². The number of fused-ring (bicyclic) bond motifs is 11. The fourth-order valence-electron chi connectivity index (χ4n) is 8.32. The van der Waals surface area contributed by atoms with E-state index in [1.165, 1.54) is 47.9 Å². The monoisotopic (exact) mass is 567 g/mol. The molecule has 0 atom stereocenters. The van der Waals surface area contributed by atoms with Crippen LogP contribution in [0, 0.1) is 0 Å². The van der Waals surface area contributed by atoms with Crippen molar-refractivity contribution in [3.05, 3.63) is 139 Å². The second-order valence-corrected chi connectivity index (χ2v) is 12.4. The largest absolute Gasteiger partial charge is 0.456 e. The molecule has 10 rings (SSSR count). The van der Waals surface area contributed by atoms with Crippen LogP contribution in [-0.2, 0) is 5.41 Å². The topological polar surface area (TPSA) is 29.5 Å². The fourth-order valence-corrected chi connectivity index (χ4v) is 8.32. The number of anilines is 3. The molecule has 2 aliphatic carbocycles. The molecule has 0 amide bonds. The summed E-state index contributed by atoms with van der Waals surface area (Å²) in [5.41, 5.74) is 12.7. The maximum atomic E-state index is 6.40. The number of hydrogen-bond donors (Lipinski definition) is 0. The number of nitrogens with zero attached hydrogens (tertiary/aromatic N) is 1. The summed E-state index contributed by atoms with van der Waals surface area (Å²) in [5, 5.41) is 4.51. The van der Waals surface area contributed by atoms with Crippen LogP contribution in [-0.4, -0.2) is 0 Å². The van der Waals surface area contributed by atoms with E-state index in [0.717, 1.165) is 60.9 Å². The van der Waals surface area contributed by atoms with Gasteiger partial charge in [-0.15, -0.1) is 0 Å². The zero-order chi connectivity index (χ0) is 28.8. The van der Waals surface area contributed by atoms with Crippen molar-refractivity contribution in [2.24, 2.45) is 0 Å². The van der Waals surface area contributed by atoms with Gasteiger partial charge < -0.3 is 13.7 Å². The van der Waals surface area contributed by atoms with Crippen molar-refractivity contribution in [1.82, 2.24) is 0 Å². The lowest BCUT2D eigenvalue weighted by atomic mass is 9.76. The number of rotatable bonds is 3. The lowest BCUT2D eigenvalue weighted by Crippen LogP contribution is -2.21. The molecule has 3 heteroatoms. The summed E-state index contributed by atoms with van der Waals surface area (Å²) in [7, 11) is 0. The molecule has 2 heterocycles. The van der Waals surface area contributed by atoms with E-state index in [9.17, 15) is 0 Å². The molecule has 210 valence electrons. The lowest BCUT2D eigenvalue weighted by Gasteiger charge is -2.30. The maximum absolute atomic E-state index is 6.40. The van der Waals surface area contributed by atoms with Crippen molar-refractivity contribution in [1.29, 1.82) is 0 Å². The van der Waals surface area contributed by atoms with Gasteiger partial charge in [-0.3, -0.25) is 0 Å². The molecular weight excluding hydrogens is 538 g/mol. The molecule has 0 radical (unpaired) electrons. The van der Waals surface area contributed by atoms with Crippen LogP contribution in [0.3, 0.4) is 0 Å². The minimum Gasteiger partial charge on any atom is -0.456 e. The average Bonchev–Trinajstić information content (AvgIpc) is 3.85. The molecule has 0 bridgehead atoms. The predicted molar refractivity (Wildman–Crippen MR) is 180 cm³/mol. The van der Waals surface area contributed by atoms with Crippen molar-refractivity contribution in [2.75, 3.05) is 4.90 Å². The smallest absolute Gasteiger partial charge is 0.137 e. The summed E-state index contributed by atoms with van der Waals surface area (Å²) in [4.78, 5) is 2.41. The summed E-state index contributed by atoms with van der Waals surface area (Å²) in [6.07, 6.45) is 4.94. The highest BCUT2D eigenvalue weighted by molar-refractivity contribution is 6.14. The van der Waals surface area contributed by atoms with Crippen LogP contribution in [0.15, 0.2) is 136 Å². The van der Waals surface area contributed by atoms with E-state index >= 15 is 0 Å². The van der Waals surface area contributed by atoms with E-state index in [1.807, 2.05) is 18.2 Å². The van der Waals surface area contributed by atoms with E-state index < -0.39 is 0 Å². The normalized spacial score (nSPS) is 15.1. The highest BCUT2D eigenvalue weighted by atomic mass is 16.3. The molecule has 2 aliphatic rings. The highest BCUT2D eigenvalue weighted by Gasteiger charge is 2.45. The van der Waals surface area contributed by atoms with Gasteiger partial charge in [0, 0.05) is 39.0 Å². The Morgan fingerprint density at radius 1 is 0.477 bits per heavy atom. The number of hydrogen-bond acceptors (Lipinski definition) is 3. The fraction of sp³-hybridized carbons (Fsp3) is 0.122. The van der Waals surface area contributed by atoms with E-state index in [2.05, 4.69) is 114 Å². The van der Waals surface area contributed by atoms with Crippen LogP contribution in [0.1, 0.15) is 36.8 Å². The summed E-state index contributed by atoms with van der Waals surface area (Å²) >= 11 is 0. The molecule has 0 N–H and O–H groups in total. The minimum atomic E-state index is 0.0879. The lowest BCUT2D eigenvalue weighted by molar-refractivity contribution is 0.550. The van der Waals surface area contributed by atoms with Gasteiger partial charge in [0.25, 0.3) is 0 Å². The Morgan fingerprint density at radius 3 is 2.00 bits per heavy atom. The first-order chi connectivity index (χ1) is 21.8. The van der Waals surface area contributed by atoms with Crippen molar-refractivity contribution in [2.45, 2.75) is 31.1 Å². The Bertz CT molecular complexity index is 2420. The van der Waals surface area contributed by atoms with Gasteiger partial charge in [0.1, 0.15) is 22.3 Å². The first-order valence-corrected chi connectivity index (χ1v) is 15.6. The molecule has 1 fully saturated rings. The van der Waals surface area contributed by atoms with Crippen LogP contribution in [0.5, 0.6) is 0 Å². The molecular formula is C41H29NO2. The molecule has 1 saturated carbocycles. The SMILES string of the molecule is c1ccc2c(c1)-c1ccc(N(c3ccc4c(c3)oc3ccccc34)c3cccc4oc5ccccc5c34)cc1C21CCCC1. The van der Waals surface area contributed by atoms with Crippen molar-refractivity contribution < 1.29 is 8.83 Å². The second-order valence-electron chi connectivity index (χ2n) is 12.4. The molecule has 0 saturated heterocycles. The molecule has 44 heavy (non-hydrogen) atoms. The Kier molecular flexibility index (Phi) is 4.88. The minimum absolute atomic E-state index is 0.0879. The zero-order valence-electron chi connectivity index (χ0n) is 24.2. The Hall–Kier alpha value is -5.28. The van der Waals surface area contributed by atoms with Gasteiger partial charge in [-0.2, -0.15) is 0 Å². The third kappa shape index (κ3) is 3.21. The van der Waals surface area contributed by atoms with Crippen molar-refractivity contribution >= 4 is 60.9 Å². The maximum Gasteiger partial charge on any atom is 0.137 e. The Labute approximate surface area is 254 Å². The number of para-hydroxylation sites is 2. The summed E-state index contributed by atoms with van der Waals surface area (Å²) < 4.78 is 12.8. The van der Waals surface area contributed by atoms with Crippen LogP contribution in [0.2, 0.25) is 0 Å². The van der Waals surface area contributed by atoms with Gasteiger partial charge in [0.2, 0.25) is 0 Å². The van der Waals surface area contributed by atoms with E-state index in [4.69, 9.17) is 8.83 Å². The van der Waals surface area contributed by atoms with Crippen LogP contribution >= 0.6 is 0 Å². The van der Waals surface area contributed by atoms with Crippen molar-refractivity contribution in [3.63, 3.8) is 0 Å². The number of benzene rings is 6. The van der Waals surface area contributed by atoms with E-state index in [1.54, 1.807) is 0 Å². The van der Waals surface area contributed by atoms with Crippen LogP contribution < -0.4 is 4.90 Å². The van der Waals surface area contributed by atoms with Crippen LogP contribution in [0.4, 0.5) is 17.1 Å². The Morgan fingerprint density at radius 2 is 1.11 bits per heavy atom. The Balaban J connectivity index is 1.25. The molecule has 0 aliphatic heterocycles. The predicted octanol–water partition coefficient (Wildman–Crippen LogP) is 11.8. The first kappa shape index (κ1) is 24.2. The molecule has 6 aromatic carbocycles. The molecule has 3 nitrogen and oxygen atoms in total. The van der Waals surface area contributed by atoms with Gasteiger partial charge in [-0.25, -0.2) is 0 Å². The zero-order valence-corrected chi connectivity index (χ0v) is 24.2. The standard InChI is InChI=1S/C41H29NO2/c1-4-13-33-28(10-1)29-20-18-26(24-34(29)41(33)22-7-8-23-41)42(27-19-21-31-30-11-2-5-15-36(30)44-39(31)25-27)35-14-9-17-38-40(35)32-12-3-6-16-37(32)43-38/h1-6,9-21,24-25H,7-8,22-23H2. The third-order valence-electron chi connectivity index (χ3n) is 10.2. The molecule has 1 spiro atoms. The third-order valence-corrected chi connectivity index (χ3v) is 10.2. The van der Waals surface area contributed by atoms with E-state index in [0.29, 0.717) is 0 Å².